The second-order valence-corrected chi connectivity index (χ2v) is 5.70. The van der Waals surface area contributed by atoms with Crippen LogP contribution in [0.5, 0.6) is 0 Å². The summed E-state index contributed by atoms with van der Waals surface area (Å²) in [4.78, 5) is 11.2. The predicted octanol–water partition coefficient (Wildman–Crippen LogP) is 5.64. The van der Waals surface area contributed by atoms with E-state index in [-0.39, 0.29) is 5.41 Å². The molecule has 24 heavy (non-hydrogen) atoms. The molecule has 0 bridgehead atoms. The van der Waals surface area contributed by atoms with Crippen molar-refractivity contribution in [3.8, 4) is 0 Å². The summed E-state index contributed by atoms with van der Waals surface area (Å²) < 4.78 is 0. The average Bonchev–Trinajstić information content (AvgIpc) is 2.64. The molecule has 0 aliphatic carbocycles. The van der Waals surface area contributed by atoms with E-state index in [0.29, 0.717) is 12.8 Å². The first-order chi connectivity index (χ1) is 11.8. The zero-order chi connectivity index (χ0) is 17.3. The Balaban J connectivity index is 2.80. The van der Waals surface area contributed by atoms with E-state index in [1.807, 2.05) is 37.3 Å². The van der Waals surface area contributed by atoms with E-state index < -0.39 is 0 Å². The number of hydrogen-bond acceptors (Lipinski definition) is 1. The molecule has 0 aromatic heterocycles. The van der Waals surface area contributed by atoms with E-state index in [2.05, 4.69) is 61.2 Å². The molecule has 0 atom stereocenters. The SMILES string of the molecule is C=C/C=C(\C=C/C)C(CCC=O)(c1ccccc1)c1ccccc1. The van der Waals surface area contributed by atoms with Crippen molar-refractivity contribution in [2.24, 2.45) is 0 Å². The number of carbonyl (C=O) groups excluding carboxylic acids is 1. The van der Waals surface area contributed by atoms with Gasteiger partial charge >= 0.3 is 0 Å². The summed E-state index contributed by atoms with van der Waals surface area (Å²) in [7, 11) is 0. The lowest BCUT2D eigenvalue weighted by atomic mass is 9.66. The maximum absolute atomic E-state index is 11.2. The van der Waals surface area contributed by atoms with Gasteiger partial charge in [0, 0.05) is 11.8 Å². The van der Waals surface area contributed by atoms with Gasteiger partial charge in [-0.1, -0.05) is 91.5 Å². The average molecular weight is 316 g/mol. The van der Waals surface area contributed by atoms with Gasteiger partial charge in [0.2, 0.25) is 0 Å². The Kier molecular flexibility index (Phi) is 6.51. The normalized spacial score (nSPS) is 12.3. The summed E-state index contributed by atoms with van der Waals surface area (Å²) in [6.45, 7) is 5.90. The Morgan fingerprint density at radius 2 is 1.54 bits per heavy atom. The number of benzene rings is 2. The number of carbonyl (C=O) groups is 1. The highest BCUT2D eigenvalue weighted by Gasteiger charge is 2.36. The molecule has 0 N–H and O–H groups in total. The van der Waals surface area contributed by atoms with Gasteiger partial charge in [-0.05, 0) is 30.0 Å². The smallest absolute Gasteiger partial charge is 0.120 e. The third-order valence-electron chi connectivity index (χ3n) is 4.31. The van der Waals surface area contributed by atoms with Crippen LogP contribution < -0.4 is 0 Å². The second kappa shape index (κ2) is 8.83. The Morgan fingerprint density at radius 3 is 1.96 bits per heavy atom. The van der Waals surface area contributed by atoms with Crippen LogP contribution in [-0.4, -0.2) is 6.29 Å². The van der Waals surface area contributed by atoms with Gasteiger partial charge < -0.3 is 4.79 Å². The summed E-state index contributed by atoms with van der Waals surface area (Å²) in [5.41, 5.74) is 3.14. The van der Waals surface area contributed by atoms with E-state index >= 15 is 0 Å². The summed E-state index contributed by atoms with van der Waals surface area (Å²) >= 11 is 0. The Bertz CT molecular complexity index is 669. The molecule has 0 unspecified atom stereocenters. The van der Waals surface area contributed by atoms with Crippen LogP contribution in [0.3, 0.4) is 0 Å². The van der Waals surface area contributed by atoms with E-state index in [9.17, 15) is 4.79 Å². The Hall–Kier alpha value is -2.67. The van der Waals surface area contributed by atoms with Gasteiger partial charge in [0.25, 0.3) is 0 Å². The molecule has 0 fully saturated rings. The van der Waals surface area contributed by atoms with Crippen molar-refractivity contribution in [3.05, 3.63) is 108 Å². The molecule has 122 valence electrons. The maximum atomic E-state index is 11.2. The van der Waals surface area contributed by atoms with Crippen molar-refractivity contribution in [1.29, 1.82) is 0 Å². The van der Waals surface area contributed by atoms with E-state index in [0.717, 1.165) is 11.9 Å². The predicted molar refractivity (Wildman–Crippen MR) is 102 cm³/mol. The zero-order valence-corrected chi connectivity index (χ0v) is 14.2. The molecule has 0 aliphatic rings. The summed E-state index contributed by atoms with van der Waals surface area (Å²) in [5, 5.41) is 0. The topological polar surface area (TPSA) is 17.1 Å². The summed E-state index contributed by atoms with van der Waals surface area (Å²) in [6.07, 6.45) is 10.2. The van der Waals surface area contributed by atoms with Gasteiger partial charge in [-0.15, -0.1) is 0 Å². The second-order valence-electron chi connectivity index (χ2n) is 5.70. The van der Waals surface area contributed by atoms with Gasteiger partial charge in [-0.2, -0.15) is 0 Å². The van der Waals surface area contributed by atoms with Crippen LogP contribution in [0.2, 0.25) is 0 Å². The molecular formula is C23H24O. The Morgan fingerprint density at radius 1 is 1.00 bits per heavy atom. The largest absolute Gasteiger partial charge is 0.303 e. The number of aldehydes is 1. The quantitative estimate of drug-likeness (QED) is 0.455. The van der Waals surface area contributed by atoms with Crippen molar-refractivity contribution in [1.82, 2.24) is 0 Å². The fourth-order valence-electron chi connectivity index (χ4n) is 3.30. The highest BCUT2D eigenvalue weighted by Crippen LogP contribution is 2.43. The van der Waals surface area contributed by atoms with Gasteiger partial charge in [-0.25, -0.2) is 0 Å². The molecule has 0 aliphatic heterocycles. The molecule has 0 radical (unpaired) electrons. The van der Waals surface area contributed by atoms with Crippen LogP contribution >= 0.6 is 0 Å². The van der Waals surface area contributed by atoms with Crippen LogP contribution in [0.25, 0.3) is 0 Å². The lowest BCUT2D eigenvalue weighted by Gasteiger charge is -2.36. The molecular weight excluding hydrogens is 292 g/mol. The molecule has 0 heterocycles. The number of hydrogen-bond donors (Lipinski definition) is 0. The van der Waals surface area contributed by atoms with Crippen molar-refractivity contribution in [2.45, 2.75) is 25.2 Å². The first-order valence-electron chi connectivity index (χ1n) is 8.30. The van der Waals surface area contributed by atoms with Crippen molar-refractivity contribution in [3.63, 3.8) is 0 Å². The molecule has 2 aromatic rings. The molecule has 0 saturated carbocycles. The minimum absolute atomic E-state index is 0.371. The summed E-state index contributed by atoms with van der Waals surface area (Å²) in [5.74, 6) is 0. The number of rotatable bonds is 8. The first kappa shape index (κ1) is 17.7. The Labute approximate surface area is 145 Å². The minimum atomic E-state index is -0.371. The van der Waals surface area contributed by atoms with Crippen LogP contribution in [-0.2, 0) is 10.2 Å². The van der Waals surface area contributed by atoms with Crippen molar-refractivity contribution < 1.29 is 4.79 Å². The maximum Gasteiger partial charge on any atom is 0.120 e. The van der Waals surface area contributed by atoms with Crippen LogP contribution in [0, 0.1) is 0 Å². The van der Waals surface area contributed by atoms with Gasteiger partial charge in [0.05, 0.1) is 0 Å². The standard InChI is InChI=1S/C23H24O/c1-3-12-20(13-4-2)23(18-11-19-24,21-14-7-5-8-15-21)22-16-9-6-10-17-22/h3-10,12-17,19H,1,11,18H2,2H3/b13-4-,20-12+. The van der Waals surface area contributed by atoms with Gasteiger partial charge in [0.1, 0.15) is 6.29 Å². The third-order valence-corrected chi connectivity index (χ3v) is 4.31. The van der Waals surface area contributed by atoms with Gasteiger partial charge in [0.15, 0.2) is 0 Å². The molecule has 0 saturated heterocycles. The molecule has 2 aromatic carbocycles. The van der Waals surface area contributed by atoms with Crippen molar-refractivity contribution in [2.75, 3.05) is 0 Å². The fourth-order valence-corrected chi connectivity index (χ4v) is 3.30. The van der Waals surface area contributed by atoms with Gasteiger partial charge in [-0.3, -0.25) is 0 Å². The van der Waals surface area contributed by atoms with Crippen LogP contribution in [0.4, 0.5) is 0 Å². The van der Waals surface area contributed by atoms with Crippen LogP contribution in [0.1, 0.15) is 30.9 Å². The first-order valence-corrected chi connectivity index (χ1v) is 8.30. The monoisotopic (exact) mass is 316 g/mol. The van der Waals surface area contributed by atoms with E-state index in [4.69, 9.17) is 0 Å². The number of allylic oxidation sites excluding steroid dienone is 5. The minimum Gasteiger partial charge on any atom is -0.303 e. The third kappa shape index (κ3) is 3.62. The van der Waals surface area contributed by atoms with E-state index in [1.165, 1.54) is 11.1 Å². The fraction of sp³-hybridized carbons (Fsp3) is 0.174. The van der Waals surface area contributed by atoms with Crippen LogP contribution in [0.15, 0.2) is 97.1 Å². The zero-order valence-electron chi connectivity index (χ0n) is 14.2. The molecule has 0 spiro atoms. The van der Waals surface area contributed by atoms with E-state index in [1.54, 1.807) is 0 Å². The van der Waals surface area contributed by atoms with Crippen molar-refractivity contribution >= 4 is 6.29 Å². The molecule has 2 rings (SSSR count). The lowest BCUT2D eigenvalue weighted by Crippen LogP contribution is -2.30. The lowest BCUT2D eigenvalue weighted by molar-refractivity contribution is -0.108. The molecule has 1 heteroatoms. The highest BCUT2D eigenvalue weighted by molar-refractivity contribution is 5.56. The molecule has 0 amide bonds. The summed E-state index contributed by atoms with van der Waals surface area (Å²) in [6, 6.07) is 20.8. The highest BCUT2D eigenvalue weighted by atomic mass is 16.1. The molecule has 1 nitrogen and oxygen atoms in total.